The molecule has 0 rings (SSSR count). The molecule has 6 heavy (non-hydrogen) atoms. The molecule has 0 aromatic carbocycles. The molecule has 0 aromatic heterocycles. The van der Waals surface area contributed by atoms with Crippen molar-refractivity contribution in [1.29, 1.82) is 0 Å². The molecule has 0 saturated carbocycles. The summed E-state index contributed by atoms with van der Waals surface area (Å²) in [7, 11) is 3.75. The van der Waals surface area contributed by atoms with Crippen molar-refractivity contribution in [1.82, 2.24) is 4.90 Å². The highest BCUT2D eigenvalue weighted by Crippen LogP contribution is 1.78. The average Bonchev–Trinajstić information content (AvgIpc) is 1.35. The van der Waals surface area contributed by atoms with E-state index in [1.165, 1.54) is 0 Å². The molecule has 0 spiro atoms. The van der Waals surface area contributed by atoms with Gasteiger partial charge in [-0.2, -0.15) is 0 Å². The largest absolute Gasteiger partial charge is 0.286 e. The second-order valence-electron chi connectivity index (χ2n) is 1.32. The van der Waals surface area contributed by atoms with Gasteiger partial charge in [-0.15, -0.1) is 0 Å². The zero-order chi connectivity index (χ0) is 4.99. The normalized spacial score (nSPS) is 10.0. The molecule has 0 unspecified atom stereocenters. The highest BCUT2D eigenvalue weighted by molar-refractivity contribution is 6.07. The van der Waals surface area contributed by atoms with Crippen LogP contribution in [0.15, 0.2) is 0 Å². The van der Waals surface area contributed by atoms with Crippen LogP contribution < -0.4 is 0 Å². The lowest BCUT2D eigenvalue weighted by Crippen LogP contribution is -2.12. The van der Waals surface area contributed by atoms with Crippen LogP contribution in [0.5, 0.6) is 0 Å². The van der Waals surface area contributed by atoms with Gasteiger partial charge >= 0.3 is 0 Å². The van der Waals surface area contributed by atoms with Crippen LogP contribution in [0.4, 0.5) is 0 Å². The zero-order valence-electron chi connectivity index (χ0n) is 3.94. The minimum Gasteiger partial charge on any atom is -0.286 e. The molecule has 0 radical (unpaired) electrons. The summed E-state index contributed by atoms with van der Waals surface area (Å²) >= 11 is 4.85. The molecule has 0 aliphatic rings. The Labute approximate surface area is 42.8 Å². The van der Waals surface area contributed by atoms with Crippen molar-refractivity contribution in [3.63, 3.8) is 0 Å². The molecule has 0 amide bonds. The molecule has 0 aromatic rings. The Kier molecular flexibility index (Phi) is 3.52. The molecular formula is C3H8ClNO. The standard InChI is InChI=1S/C3H8ClNO/c1-5(2)3-6-4/h3H2,1-2H3. The van der Waals surface area contributed by atoms with Gasteiger partial charge in [-0.25, -0.2) is 0 Å². The van der Waals surface area contributed by atoms with Crippen molar-refractivity contribution in [2.45, 2.75) is 0 Å². The lowest BCUT2D eigenvalue weighted by molar-refractivity contribution is 0.195. The molecule has 2 nitrogen and oxygen atoms in total. The predicted octanol–water partition coefficient (Wildman–Crippen LogP) is 0.676. The zero-order valence-corrected chi connectivity index (χ0v) is 4.70. The van der Waals surface area contributed by atoms with Gasteiger partial charge in [0.05, 0.1) is 11.9 Å². The maximum Gasteiger partial charge on any atom is 0.120 e. The third-order valence-electron chi connectivity index (χ3n) is 0.307. The van der Waals surface area contributed by atoms with Crippen LogP contribution in [0, 0.1) is 0 Å². The van der Waals surface area contributed by atoms with Crippen molar-refractivity contribution in [3.8, 4) is 0 Å². The van der Waals surface area contributed by atoms with Crippen LogP contribution in [-0.4, -0.2) is 25.7 Å². The molecule has 0 bridgehead atoms. The molecule has 0 N–H and O–H groups in total. The van der Waals surface area contributed by atoms with Crippen LogP contribution >= 0.6 is 11.9 Å². The Morgan fingerprint density at radius 1 is 1.67 bits per heavy atom. The number of hydrogen-bond acceptors (Lipinski definition) is 2. The molecule has 0 fully saturated rings. The van der Waals surface area contributed by atoms with Crippen molar-refractivity contribution in [2.75, 3.05) is 20.8 Å². The first-order chi connectivity index (χ1) is 2.77. The quantitative estimate of drug-likeness (QED) is 0.484. The summed E-state index contributed by atoms with van der Waals surface area (Å²) in [5, 5.41) is 0. The van der Waals surface area contributed by atoms with Gasteiger partial charge in [0.1, 0.15) is 6.73 Å². The highest BCUT2D eigenvalue weighted by atomic mass is 35.5. The summed E-state index contributed by atoms with van der Waals surface area (Å²) in [4.78, 5) is 1.83. The molecule has 0 saturated heterocycles. The second-order valence-corrected chi connectivity index (χ2v) is 1.54. The Hall–Kier alpha value is 0.210. The summed E-state index contributed by atoms with van der Waals surface area (Å²) in [5.74, 6) is 0. The van der Waals surface area contributed by atoms with E-state index < -0.39 is 0 Å². The number of nitrogens with zero attached hydrogens (tertiary/aromatic N) is 1. The predicted molar refractivity (Wildman–Crippen MR) is 25.5 cm³/mol. The molecule has 0 heterocycles. The summed E-state index contributed by atoms with van der Waals surface area (Å²) < 4.78 is 4.20. The molecule has 38 valence electrons. The maximum absolute atomic E-state index is 4.85. The topological polar surface area (TPSA) is 12.5 Å². The van der Waals surface area contributed by atoms with Gasteiger partial charge in [-0.1, -0.05) is 0 Å². The van der Waals surface area contributed by atoms with E-state index in [9.17, 15) is 0 Å². The molecule has 3 heteroatoms. The van der Waals surface area contributed by atoms with Gasteiger partial charge in [0.15, 0.2) is 0 Å². The van der Waals surface area contributed by atoms with E-state index >= 15 is 0 Å². The first kappa shape index (κ1) is 6.21. The van der Waals surface area contributed by atoms with E-state index in [0.717, 1.165) is 0 Å². The van der Waals surface area contributed by atoms with Gasteiger partial charge < -0.3 is 0 Å². The van der Waals surface area contributed by atoms with Crippen molar-refractivity contribution in [3.05, 3.63) is 0 Å². The van der Waals surface area contributed by atoms with Gasteiger partial charge in [-0.05, 0) is 14.1 Å². The van der Waals surface area contributed by atoms with Crippen molar-refractivity contribution in [2.24, 2.45) is 0 Å². The van der Waals surface area contributed by atoms with Crippen LogP contribution in [0.2, 0.25) is 0 Å². The average molecular weight is 110 g/mol. The first-order valence-corrected chi connectivity index (χ1v) is 1.96. The Morgan fingerprint density at radius 2 is 2.17 bits per heavy atom. The molecule has 0 aliphatic heterocycles. The van der Waals surface area contributed by atoms with E-state index in [1.54, 1.807) is 0 Å². The fraction of sp³-hybridized carbons (Fsp3) is 1.00. The molecule has 0 atom stereocenters. The van der Waals surface area contributed by atoms with Crippen LogP contribution in [0.3, 0.4) is 0 Å². The van der Waals surface area contributed by atoms with Gasteiger partial charge in [0.2, 0.25) is 0 Å². The van der Waals surface area contributed by atoms with E-state index in [0.29, 0.717) is 6.73 Å². The van der Waals surface area contributed by atoms with Crippen LogP contribution in [0.1, 0.15) is 0 Å². The van der Waals surface area contributed by atoms with Crippen molar-refractivity contribution < 1.29 is 4.29 Å². The van der Waals surface area contributed by atoms with Crippen LogP contribution in [0.25, 0.3) is 0 Å². The van der Waals surface area contributed by atoms with Gasteiger partial charge in [0, 0.05) is 0 Å². The van der Waals surface area contributed by atoms with E-state index in [-0.39, 0.29) is 0 Å². The molecular weight excluding hydrogens is 101 g/mol. The van der Waals surface area contributed by atoms with Crippen LogP contribution in [-0.2, 0) is 4.29 Å². The van der Waals surface area contributed by atoms with Crippen molar-refractivity contribution >= 4 is 11.9 Å². The minimum absolute atomic E-state index is 0.474. The Balaban J connectivity index is 2.63. The Morgan fingerprint density at radius 3 is 2.17 bits per heavy atom. The lowest BCUT2D eigenvalue weighted by atomic mass is 11.0. The summed E-state index contributed by atoms with van der Waals surface area (Å²) in [6, 6.07) is 0. The number of rotatable bonds is 2. The summed E-state index contributed by atoms with van der Waals surface area (Å²) in [5.41, 5.74) is 0. The summed E-state index contributed by atoms with van der Waals surface area (Å²) in [6.45, 7) is 0.474. The lowest BCUT2D eigenvalue weighted by Gasteiger charge is -2.02. The first-order valence-electron chi connectivity index (χ1n) is 1.65. The number of halogens is 1. The third kappa shape index (κ3) is 4.21. The summed E-state index contributed by atoms with van der Waals surface area (Å²) in [6.07, 6.45) is 0. The fourth-order valence-corrected chi connectivity index (χ4v) is 0.293. The van der Waals surface area contributed by atoms with E-state index in [4.69, 9.17) is 11.9 Å². The number of hydrogen-bond donors (Lipinski definition) is 0. The Bertz CT molecular complexity index is 32.0. The monoisotopic (exact) mass is 109 g/mol. The SMILES string of the molecule is CN(C)COCl. The van der Waals surface area contributed by atoms with E-state index in [2.05, 4.69) is 4.29 Å². The molecule has 0 aliphatic carbocycles. The van der Waals surface area contributed by atoms with Gasteiger partial charge in [-0.3, -0.25) is 9.19 Å². The minimum atomic E-state index is 0.474. The van der Waals surface area contributed by atoms with Gasteiger partial charge in [0.25, 0.3) is 0 Å². The third-order valence-corrected chi connectivity index (χ3v) is 0.405. The highest BCUT2D eigenvalue weighted by Gasteiger charge is 1.81. The fourth-order valence-electron chi connectivity index (χ4n) is 0.0976. The smallest absolute Gasteiger partial charge is 0.120 e. The van der Waals surface area contributed by atoms with E-state index in [1.807, 2.05) is 19.0 Å². The maximum atomic E-state index is 4.85. The second kappa shape index (κ2) is 3.40.